The molecule has 7 nitrogen and oxygen atoms in total. The van der Waals surface area contributed by atoms with E-state index in [-0.39, 0.29) is 30.9 Å². The van der Waals surface area contributed by atoms with Crippen LogP contribution in [0.5, 0.6) is 0 Å². The van der Waals surface area contributed by atoms with Crippen molar-refractivity contribution in [3.05, 3.63) is 59.7 Å². The Balaban J connectivity index is 1.45. The van der Waals surface area contributed by atoms with E-state index in [0.717, 1.165) is 22.3 Å². The fraction of sp³-hybridized carbons (Fsp3) is 0.444. The number of amides is 2. The molecule has 2 aromatic carbocycles. The third kappa shape index (κ3) is 4.52. The monoisotopic (exact) mass is 464 g/mol. The van der Waals surface area contributed by atoms with E-state index in [1.807, 2.05) is 52.0 Å². The van der Waals surface area contributed by atoms with Gasteiger partial charge in [0.15, 0.2) is 0 Å². The van der Waals surface area contributed by atoms with Gasteiger partial charge in [-0.25, -0.2) is 4.79 Å². The van der Waals surface area contributed by atoms with Crippen molar-refractivity contribution in [2.24, 2.45) is 17.3 Å². The summed E-state index contributed by atoms with van der Waals surface area (Å²) in [4.78, 5) is 39.2. The van der Waals surface area contributed by atoms with Gasteiger partial charge in [-0.15, -0.1) is 0 Å². The molecule has 2 aliphatic rings. The van der Waals surface area contributed by atoms with Gasteiger partial charge in [0, 0.05) is 19.0 Å². The van der Waals surface area contributed by atoms with Crippen LogP contribution in [0.1, 0.15) is 44.7 Å². The number of likely N-dealkylation sites (tertiary alicyclic amines) is 1. The molecular weight excluding hydrogens is 432 g/mol. The lowest BCUT2D eigenvalue weighted by atomic mass is 9.86. The normalized spacial score (nSPS) is 20.4. The average Bonchev–Trinajstić information content (AvgIpc) is 3.33. The predicted octanol–water partition coefficient (Wildman–Crippen LogP) is 4.12. The van der Waals surface area contributed by atoms with Gasteiger partial charge in [-0.2, -0.15) is 0 Å². The zero-order valence-electron chi connectivity index (χ0n) is 20.1. The first kappa shape index (κ1) is 23.8. The number of rotatable bonds is 5. The quantitative estimate of drug-likeness (QED) is 0.694. The highest BCUT2D eigenvalue weighted by Gasteiger charge is 2.42. The number of aliphatic carboxylic acids is 1. The predicted molar refractivity (Wildman–Crippen MR) is 128 cm³/mol. The van der Waals surface area contributed by atoms with Crippen molar-refractivity contribution < 1.29 is 24.2 Å². The van der Waals surface area contributed by atoms with Gasteiger partial charge in [-0.05, 0) is 33.6 Å². The number of benzene rings is 2. The standard InChI is InChI=1S/C27H32N2O5/c1-16-13-29(14-21(16)25(31)32)24(30)23(27(2,3)4)28-26(33)34-15-22-19-11-7-5-9-17(19)18-10-6-8-12-20(18)22/h5-12,16,21-23H,13-15H2,1-4H3,(H,28,33)(H,31,32)/t16?,21?,23-/m1/s1. The Hall–Kier alpha value is -3.35. The first-order valence-electron chi connectivity index (χ1n) is 11.7. The summed E-state index contributed by atoms with van der Waals surface area (Å²) in [6.07, 6.45) is -0.655. The summed E-state index contributed by atoms with van der Waals surface area (Å²) < 4.78 is 5.64. The van der Waals surface area contributed by atoms with Gasteiger partial charge in [0.2, 0.25) is 5.91 Å². The van der Waals surface area contributed by atoms with E-state index in [1.165, 1.54) is 0 Å². The highest BCUT2D eigenvalue weighted by molar-refractivity contribution is 5.87. The second-order valence-corrected chi connectivity index (χ2v) is 10.4. The lowest BCUT2D eigenvalue weighted by Crippen LogP contribution is -2.54. The summed E-state index contributed by atoms with van der Waals surface area (Å²) in [6.45, 7) is 8.10. The maximum Gasteiger partial charge on any atom is 0.407 e. The first-order valence-corrected chi connectivity index (χ1v) is 11.7. The molecule has 2 aromatic rings. The molecule has 180 valence electrons. The Bertz CT molecular complexity index is 1060. The van der Waals surface area contributed by atoms with Crippen LogP contribution in [-0.2, 0) is 14.3 Å². The van der Waals surface area contributed by atoms with E-state index in [0.29, 0.717) is 6.54 Å². The lowest BCUT2D eigenvalue weighted by Gasteiger charge is -2.33. The topological polar surface area (TPSA) is 95.9 Å². The SMILES string of the molecule is CC1CN(C(=O)[C@@H](NC(=O)OCC2c3ccccc3-c3ccccc32)C(C)(C)C)CC1C(=O)O. The molecule has 4 rings (SSSR count). The molecule has 0 saturated carbocycles. The molecule has 1 aliphatic carbocycles. The second kappa shape index (κ2) is 9.12. The van der Waals surface area contributed by atoms with Crippen LogP contribution in [0.15, 0.2) is 48.5 Å². The molecule has 0 bridgehead atoms. The lowest BCUT2D eigenvalue weighted by molar-refractivity contribution is -0.142. The van der Waals surface area contributed by atoms with Crippen molar-refractivity contribution in [3.63, 3.8) is 0 Å². The van der Waals surface area contributed by atoms with Crippen LogP contribution in [-0.4, -0.2) is 53.7 Å². The van der Waals surface area contributed by atoms with Crippen molar-refractivity contribution >= 4 is 18.0 Å². The number of nitrogens with one attached hydrogen (secondary N) is 1. The van der Waals surface area contributed by atoms with E-state index < -0.39 is 29.4 Å². The summed E-state index contributed by atoms with van der Waals surface area (Å²) in [6, 6.07) is 15.4. The van der Waals surface area contributed by atoms with Crippen molar-refractivity contribution in [1.82, 2.24) is 10.2 Å². The van der Waals surface area contributed by atoms with Crippen LogP contribution < -0.4 is 5.32 Å². The number of carboxylic acids is 1. The van der Waals surface area contributed by atoms with Crippen LogP contribution in [0.4, 0.5) is 4.79 Å². The number of carbonyl (C=O) groups excluding carboxylic acids is 2. The first-order chi connectivity index (χ1) is 16.1. The minimum Gasteiger partial charge on any atom is -0.481 e. The third-order valence-electron chi connectivity index (χ3n) is 6.96. The van der Waals surface area contributed by atoms with Crippen LogP contribution >= 0.6 is 0 Å². The largest absolute Gasteiger partial charge is 0.481 e. The second-order valence-electron chi connectivity index (χ2n) is 10.4. The number of hydrogen-bond acceptors (Lipinski definition) is 4. The van der Waals surface area contributed by atoms with Crippen LogP contribution in [0, 0.1) is 17.3 Å². The summed E-state index contributed by atoms with van der Waals surface area (Å²) in [7, 11) is 0. The summed E-state index contributed by atoms with van der Waals surface area (Å²) in [5, 5.41) is 12.2. The minimum absolute atomic E-state index is 0.0716. The maximum absolute atomic E-state index is 13.3. The molecule has 0 spiro atoms. The average molecular weight is 465 g/mol. The zero-order chi connectivity index (χ0) is 24.6. The fourth-order valence-corrected chi connectivity index (χ4v) is 5.06. The molecule has 0 aromatic heterocycles. The number of hydrogen-bond donors (Lipinski definition) is 2. The van der Waals surface area contributed by atoms with Gasteiger partial charge in [0.05, 0.1) is 5.92 Å². The Kier molecular flexibility index (Phi) is 6.39. The van der Waals surface area contributed by atoms with Gasteiger partial charge in [0.1, 0.15) is 12.6 Å². The van der Waals surface area contributed by atoms with Crippen molar-refractivity contribution in [3.8, 4) is 11.1 Å². The van der Waals surface area contributed by atoms with E-state index in [1.54, 1.807) is 4.90 Å². The van der Waals surface area contributed by atoms with E-state index in [2.05, 4.69) is 29.6 Å². The molecule has 1 heterocycles. The molecule has 1 saturated heterocycles. The number of carbonyl (C=O) groups is 3. The molecule has 1 aliphatic heterocycles. The summed E-state index contributed by atoms with van der Waals surface area (Å²) in [5.74, 6) is -2.00. The Morgan fingerprint density at radius 3 is 2.09 bits per heavy atom. The van der Waals surface area contributed by atoms with Crippen LogP contribution in [0.3, 0.4) is 0 Å². The number of ether oxygens (including phenoxy) is 1. The molecule has 1 fully saturated rings. The van der Waals surface area contributed by atoms with Crippen molar-refractivity contribution in [1.29, 1.82) is 0 Å². The Morgan fingerprint density at radius 1 is 1.03 bits per heavy atom. The molecule has 3 atom stereocenters. The van der Waals surface area contributed by atoms with Crippen molar-refractivity contribution in [2.45, 2.75) is 39.7 Å². The zero-order valence-corrected chi connectivity index (χ0v) is 20.1. The van der Waals surface area contributed by atoms with Gasteiger partial charge in [-0.3, -0.25) is 9.59 Å². The van der Waals surface area contributed by atoms with Gasteiger partial charge in [0.25, 0.3) is 0 Å². The molecule has 34 heavy (non-hydrogen) atoms. The maximum atomic E-state index is 13.3. The number of carboxylic acid groups (broad SMARTS) is 1. The number of fused-ring (bicyclic) bond motifs is 3. The Morgan fingerprint density at radius 2 is 1.59 bits per heavy atom. The van der Waals surface area contributed by atoms with Gasteiger partial charge in [-0.1, -0.05) is 76.2 Å². The van der Waals surface area contributed by atoms with Gasteiger partial charge < -0.3 is 20.1 Å². The summed E-state index contributed by atoms with van der Waals surface area (Å²) >= 11 is 0. The third-order valence-corrected chi connectivity index (χ3v) is 6.96. The molecule has 7 heteroatoms. The summed E-state index contributed by atoms with van der Waals surface area (Å²) in [5.41, 5.74) is 3.95. The minimum atomic E-state index is -0.903. The number of alkyl carbamates (subject to hydrolysis) is 1. The Labute approximate surface area is 200 Å². The molecular formula is C27H32N2O5. The highest BCUT2D eigenvalue weighted by Crippen LogP contribution is 2.44. The van der Waals surface area contributed by atoms with E-state index in [9.17, 15) is 19.5 Å². The highest BCUT2D eigenvalue weighted by atomic mass is 16.5. The van der Waals surface area contributed by atoms with Crippen LogP contribution in [0.2, 0.25) is 0 Å². The van der Waals surface area contributed by atoms with E-state index >= 15 is 0 Å². The molecule has 2 amide bonds. The van der Waals surface area contributed by atoms with Crippen molar-refractivity contribution in [2.75, 3.05) is 19.7 Å². The smallest absolute Gasteiger partial charge is 0.407 e. The molecule has 0 radical (unpaired) electrons. The van der Waals surface area contributed by atoms with Gasteiger partial charge >= 0.3 is 12.1 Å². The molecule has 2 unspecified atom stereocenters. The molecule has 2 N–H and O–H groups in total. The van der Waals surface area contributed by atoms with E-state index in [4.69, 9.17) is 4.74 Å². The fourth-order valence-electron chi connectivity index (χ4n) is 5.06. The van der Waals surface area contributed by atoms with Crippen LogP contribution in [0.25, 0.3) is 11.1 Å². The number of nitrogens with zero attached hydrogens (tertiary/aromatic N) is 1.